The van der Waals surface area contributed by atoms with Gasteiger partial charge in [0.25, 0.3) is 0 Å². The molecule has 6 nitrogen and oxygen atoms in total. The van der Waals surface area contributed by atoms with E-state index in [1.807, 2.05) is 18.5 Å². The average molecular weight is 309 g/mol. The zero-order valence-electron chi connectivity index (χ0n) is 12.6. The Morgan fingerprint density at radius 1 is 1.29 bits per heavy atom. The highest BCUT2D eigenvalue weighted by Crippen LogP contribution is 2.19. The van der Waals surface area contributed by atoms with Crippen LogP contribution < -0.4 is 10.6 Å². The molecule has 0 spiro atoms. The summed E-state index contributed by atoms with van der Waals surface area (Å²) in [5.74, 6) is 1.25. The van der Waals surface area contributed by atoms with Gasteiger partial charge in [-0.1, -0.05) is 11.6 Å². The summed E-state index contributed by atoms with van der Waals surface area (Å²) in [5.41, 5.74) is 2.23. The standard InChI is InChI=1S/C14H21ClN6/c1-4-16-14-18-9-12(15)13(19-14)17-6-5-7-21-11(3)8-10(2)20-21/h8-9H,4-7H2,1-3H3,(H2,16,17,18,19). The summed E-state index contributed by atoms with van der Waals surface area (Å²) in [6.45, 7) is 8.50. The van der Waals surface area contributed by atoms with Crippen LogP contribution in [0.5, 0.6) is 0 Å². The Morgan fingerprint density at radius 3 is 2.76 bits per heavy atom. The molecule has 0 aliphatic carbocycles. The summed E-state index contributed by atoms with van der Waals surface area (Å²) >= 11 is 6.09. The molecule has 0 aliphatic rings. The number of halogens is 1. The smallest absolute Gasteiger partial charge is 0.224 e. The second-order valence-electron chi connectivity index (χ2n) is 4.85. The number of anilines is 2. The molecule has 2 N–H and O–H groups in total. The molecular weight excluding hydrogens is 288 g/mol. The second kappa shape index (κ2) is 7.26. The van der Waals surface area contributed by atoms with Crippen LogP contribution in [-0.2, 0) is 6.54 Å². The molecule has 2 rings (SSSR count). The maximum Gasteiger partial charge on any atom is 0.224 e. The van der Waals surface area contributed by atoms with Gasteiger partial charge in [0.2, 0.25) is 5.95 Å². The first-order valence-corrected chi connectivity index (χ1v) is 7.49. The van der Waals surface area contributed by atoms with E-state index in [1.165, 1.54) is 5.69 Å². The number of aryl methyl sites for hydroxylation is 3. The van der Waals surface area contributed by atoms with Gasteiger partial charge >= 0.3 is 0 Å². The third kappa shape index (κ3) is 4.32. The third-order valence-electron chi connectivity index (χ3n) is 3.02. The molecule has 7 heteroatoms. The summed E-state index contributed by atoms with van der Waals surface area (Å²) in [4.78, 5) is 8.45. The summed E-state index contributed by atoms with van der Waals surface area (Å²) in [6, 6.07) is 2.08. The van der Waals surface area contributed by atoms with Crippen molar-refractivity contribution in [3.05, 3.63) is 28.7 Å². The molecule has 21 heavy (non-hydrogen) atoms. The van der Waals surface area contributed by atoms with Crippen molar-refractivity contribution in [2.45, 2.75) is 33.7 Å². The van der Waals surface area contributed by atoms with Crippen LogP contribution in [0.2, 0.25) is 5.02 Å². The Bertz CT molecular complexity index is 595. The molecule has 0 fully saturated rings. The first-order chi connectivity index (χ1) is 10.1. The molecule has 0 aromatic carbocycles. The second-order valence-corrected chi connectivity index (χ2v) is 5.26. The molecule has 114 valence electrons. The van der Waals surface area contributed by atoms with Gasteiger partial charge in [-0.3, -0.25) is 4.68 Å². The lowest BCUT2D eigenvalue weighted by Crippen LogP contribution is -2.11. The van der Waals surface area contributed by atoms with Gasteiger partial charge in [-0.05, 0) is 33.3 Å². The minimum Gasteiger partial charge on any atom is -0.369 e. The molecule has 0 radical (unpaired) electrons. The zero-order chi connectivity index (χ0) is 15.2. The van der Waals surface area contributed by atoms with Gasteiger partial charge in [0.15, 0.2) is 0 Å². The van der Waals surface area contributed by atoms with E-state index in [2.05, 4.69) is 38.7 Å². The van der Waals surface area contributed by atoms with Crippen LogP contribution in [0.1, 0.15) is 24.7 Å². The lowest BCUT2D eigenvalue weighted by Gasteiger charge is -2.09. The third-order valence-corrected chi connectivity index (χ3v) is 3.30. The number of nitrogens with zero attached hydrogens (tertiary/aromatic N) is 4. The van der Waals surface area contributed by atoms with Gasteiger partial charge in [0.1, 0.15) is 10.8 Å². The maximum atomic E-state index is 6.09. The Hall–Kier alpha value is -1.82. The van der Waals surface area contributed by atoms with Gasteiger partial charge in [-0.25, -0.2) is 4.98 Å². The van der Waals surface area contributed by atoms with Crippen molar-refractivity contribution < 1.29 is 0 Å². The number of nitrogens with one attached hydrogen (secondary N) is 2. The Morgan fingerprint density at radius 2 is 2.10 bits per heavy atom. The molecular formula is C14H21ClN6. The first kappa shape index (κ1) is 15.6. The van der Waals surface area contributed by atoms with Gasteiger partial charge in [0, 0.05) is 25.3 Å². The van der Waals surface area contributed by atoms with E-state index in [-0.39, 0.29) is 0 Å². The van der Waals surface area contributed by atoms with Crippen molar-refractivity contribution in [3.63, 3.8) is 0 Å². The van der Waals surface area contributed by atoms with Crippen LogP contribution in [0, 0.1) is 13.8 Å². The van der Waals surface area contributed by atoms with Crippen molar-refractivity contribution in [2.75, 3.05) is 23.7 Å². The SMILES string of the molecule is CCNc1ncc(Cl)c(NCCCn2nc(C)cc2C)n1. The summed E-state index contributed by atoms with van der Waals surface area (Å²) in [7, 11) is 0. The molecule has 0 aliphatic heterocycles. The highest BCUT2D eigenvalue weighted by Gasteiger charge is 2.05. The molecule has 0 saturated carbocycles. The van der Waals surface area contributed by atoms with Crippen LogP contribution >= 0.6 is 11.6 Å². The number of rotatable bonds is 7. The van der Waals surface area contributed by atoms with Crippen LogP contribution in [0.25, 0.3) is 0 Å². The highest BCUT2D eigenvalue weighted by molar-refractivity contribution is 6.32. The lowest BCUT2D eigenvalue weighted by molar-refractivity contribution is 0.573. The molecule has 2 aromatic rings. The van der Waals surface area contributed by atoms with Gasteiger partial charge in [-0.2, -0.15) is 10.1 Å². The first-order valence-electron chi connectivity index (χ1n) is 7.11. The molecule has 0 unspecified atom stereocenters. The van der Waals surface area contributed by atoms with Crippen molar-refractivity contribution >= 4 is 23.4 Å². The predicted molar refractivity (Wildman–Crippen MR) is 86.0 cm³/mol. The molecule has 0 saturated heterocycles. The van der Waals surface area contributed by atoms with Crippen molar-refractivity contribution in [2.24, 2.45) is 0 Å². The molecule has 2 heterocycles. The van der Waals surface area contributed by atoms with E-state index >= 15 is 0 Å². The summed E-state index contributed by atoms with van der Waals surface area (Å²) in [5, 5.41) is 11.3. The van der Waals surface area contributed by atoms with E-state index in [1.54, 1.807) is 6.20 Å². The van der Waals surface area contributed by atoms with E-state index in [0.717, 1.165) is 31.7 Å². The fraction of sp³-hybridized carbons (Fsp3) is 0.500. The monoisotopic (exact) mass is 308 g/mol. The molecule has 0 bridgehead atoms. The highest BCUT2D eigenvalue weighted by atomic mass is 35.5. The average Bonchev–Trinajstić information content (AvgIpc) is 2.76. The van der Waals surface area contributed by atoms with Crippen LogP contribution in [0.15, 0.2) is 12.3 Å². The van der Waals surface area contributed by atoms with Gasteiger partial charge in [-0.15, -0.1) is 0 Å². The summed E-state index contributed by atoms with van der Waals surface area (Å²) in [6.07, 6.45) is 2.55. The van der Waals surface area contributed by atoms with E-state index < -0.39 is 0 Å². The van der Waals surface area contributed by atoms with Crippen LogP contribution in [0.4, 0.5) is 11.8 Å². The van der Waals surface area contributed by atoms with Crippen LogP contribution in [-0.4, -0.2) is 32.8 Å². The Labute approximate surface area is 129 Å². The molecule has 0 amide bonds. The van der Waals surface area contributed by atoms with E-state index in [9.17, 15) is 0 Å². The summed E-state index contributed by atoms with van der Waals surface area (Å²) < 4.78 is 2.02. The largest absolute Gasteiger partial charge is 0.369 e. The van der Waals surface area contributed by atoms with E-state index in [0.29, 0.717) is 16.8 Å². The maximum absolute atomic E-state index is 6.09. The van der Waals surface area contributed by atoms with Gasteiger partial charge in [0.05, 0.1) is 11.9 Å². The number of hydrogen-bond acceptors (Lipinski definition) is 5. The number of aromatic nitrogens is 4. The van der Waals surface area contributed by atoms with Crippen molar-refractivity contribution in [1.29, 1.82) is 0 Å². The fourth-order valence-electron chi connectivity index (χ4n) is 2.07. The Kier molecular flexibility index (Phi) is 5.38. The quantitative estimate of drug-likeness (QED) is 0.770. The normalized spacial score (nSPS) is 10.7. The predicted octanol–water partition coefficient (Wildman–Crippen LogP) is 2.88. The fourth-order valence-corrected chi connectivity index (χ4v) is 2.23. The molecule has 2 aromatic heterocycles. The minimum atomic E-state index is 0.530. The molecule has 0 atom stereocenters. The number of hydrogen-bond donors (Lipinski definition) is 2. The zero-order valence-corrected chi connectivity index (χ0v) is 13.4. The lowest BCUT2D eigenvalue weighted by atomic mass is 10.4. The van der Waals surface area contributed by atoms with Crippen molar-refractivity contribution in [3.8, 4) is 0 Å². The van der Waals surface area contributed by atoms with Crippen molar-refractivity contribution in [1.82, 2.24) is 19.7 Å². The topological polar surface area (TPSA) is 67.7 Å². The minimum absolute atomic E-state index is 0.530. The van der Waals surface area contributed by atoms with Crippen LogP contribution in [0.3, 0.4) is 0 Å². The van der Waals surface area contributed by atoms with Gasteiger partial charge < -0.3 is 10.6 Å². The van der Waals surface area contributed by atoms with E-state index in [4.69, 9.17) is 11.6 Å². The Balaban J connectivity index is 1.85.